The van der Waals surface area contributed by atoms with Crippen LogP contribution in [0.25, 0.3) is 0 Å². The van der Waals surface area contributed by atoms with E-state index in [1.54, 1.807) is 4.68 Å². The normalized spacial score (nSPS) is 12.7. The Labute approximate surface area is 134 Å². The van der Waals surface area contributed by atoms with Crippen molar-refractivity contribution in [1.29, 1.82) is 0 Å². The molecular formula is C13H14Br2ClN3. The third kappa shape index (κ3) is 3.21. The zero-order valence-corrected chi connectivity index (χ0v) is 14.6. The second kappa shape index (κ2) is 5.95. The summed E-state index contributed by atoms with van der Waals surface area (Å²) in [6, 6.07) is 5.87. The first-order chi connectivity index (χ1) is 8.90. The highest BCUT2D eigenvalue weighted by Crippen LogP contribution is 2.30. The van der Waals surface area contributed by atoms with Gasteiger partial charge in [0.05, 0.1) is 5.69 Å². The van der Waals surface area contributed by atoms with Gasteiger partial charge in [0.25, 0.3) is 0 Å². The van der Waals surface area contributed by atoms with Gasteiger partial charge < -0.3 is 5.73 Å². The van der Waals surface area contributed by atoms with Crippen LogP contribution in [-0.2, 0) is 13.5 Å². The van der Waals surface area contributed by atoms with Gasteiger partial charge in [-0.2, -0.15) is 5.10 Å². The van der Waals surface area contributed by atoms with E-state index in [0.29, 0.717) is 11.6 Å². The summed E-state index contributed by atoms with van der Waals surface area (Å²) < 4.78 is 3.69. The molecule has 0 saturated heterocycles. The average molecular weight is 408 g/mol. The lowest BCUT2D eigenvalue weighted by Crippen LogP contribution is -2.14. The molecule has 2 rings (SSSR count). The standard InChI is InChI=1S/C13H14Br2ClN3/c1-7-10(13(16)19(2)18-7)6-12(17)9-4-3-8(14)5-11(9)15/h3-5,12H,6,17H2,1-2H3. The van der Waals surface area contributed by atoms with Crippen LogP contribution in [0.4, 0.5) is 0 Å². The Kier molecular flexibility index (Phi) is 4.71. The van der Waals surface area contributed by atoms with Crippen LogP contribution in [0.5, 0.6) is 0 Å². The van der Waals surface area contributed by atoms with Gasteiger partial charge in [0.15, 0.2) is 0 Å². The van der Waals surface area contributed by atoms with Gasteiger partial charge in [-0.05, 0) is 31.0 Å². The van der Waals surface area contributed by atoms with Crippen LogP contribution in [0.15, 0.2) is 27.1 Å². The smallest absolute Gasteiger partial charge is 0.130 e. The second-order valence-corrected chi connectivity index (χ2v) is 6.58. The van der Waals surface area contributed by atoms with Crippen LogP contribution in [0.2, 0.25) is 5.15 Å². The fraction of sp³-hybridized carbons (Fsp3) is 0.308. The number of nitrogens with zero attached hydrogens (tertiary/aromatic N) is 2. The predicted molar refractivity (Wildman–Crippen MR) is 85.4 cm³/mol. The number of aromatic nitrogens is 2. The second-order valence-electron chi connectivity index (χ2n) is 4.45. The molecule has 0 spiro atoms. The molecule has 2 N–H and O–H groups in total. The molecule has 0 aliphatic rings. The first kappa shape index (κ1) is 15.0. The molecule has 1 aromatic heterocycles. The van der Waals surface area contributed by atoms with Gasteiger partial charge in [-0.15, -0.1) is 0 Å². The molecule has 1 atom stereocenters. The van der Waals surface area contributed by atoms with E-state index in [1.807, 2.05) is 32.2 Å². The number of hydrogen-bond donors (Lipinski definition) is 1. The Balaban J connectivity index is 2.28. The lowest BCUT2D eigenvalue weighted by atomic mass is 10.0. The molecule has 0 aliphatic heterocycles. The summed E-state index contributed by atoms with van der Waals surface area (Å²) in [7, 11) is 1.83. The van der Waals surface area contributed by atoms with Crippen molar-refractivity contribution in [3.8, 4) is 0 Å². The molecule has 102 valence electrons. The van der Waals surface area contributed by atoms with Gasteiger partial charge in [-0.3, -0.25) is 4.68 Å². The fourth-order valence-electron chi connectivity index (χ4n) is 2.04. The average Bonchev–Trinajstić information content (AvgIpc) is 2.56. The molecule has 1 heterocycles. The highest BCUT2D eigenvalue weighted by atomic mass is 79.9. The van der Waals surface area contributed by atoms with Crippen LogP contribution < -0.4 is 5.73 Å². The lowest BCUT2D eigenvalue weighted by Gasteiger charge is -2.14. The van der Waals surface area contributed by atoms with Crippen molar-refractivity contribution in [3.05, 3.63) is 49.1 Å². The number of hydrogen-bond acceptors (Lipinski definition) is 2. The van der Waals surface area contributed by atoms with Gasteiger partial charge in [-0.25, -0.2) is 0 Å². The largest absolute Gasteiger partial charge is 0.324 e. The van der Waals surface area contributed by atoms with Crippen molar-refractivity contribution in [1.82, 2.24) is 9.78 Å². The Bertz CT molecular complexity index is 610. The van der Waals surface area contributed by atoms with Crippen molar-refractivity contribution >= 4 is 43.5 Å². The van der Waals surface area contributed by atoms with E-state index in [2.05, 4.69) is 37.0 Å². The van der Waals surface area contributed by atoms with Crippen molar-refractivity contribution in [2.45, 2.75) is 19.4 Å². The highest BCUT2D eigenvalue weighted by Gasteiger charge is 2.17. The predicted octanol–water partition coefficient (Wildman–Crippen LogP) is 4.15. The minimum atomic E-state index is -0.122. The summed E-state index contributed by atoms with van der Waals surface area (Å²) in [4.78, 5) is 0. The van der Waals surface area contributed by atoms with E-state index in [1.165, 1.54) is 0 Å². The molecule has 0 aliphatic carbocycles. The third-order valence-electron chi connectivity index (χ3n) is 3.06. The number of rotatable bonds is 3. The molecule has 0 bridgehead atoms. The zero-order valence-electron chi connectivity index (χ0n) is 10.6. The molecule has 6 heteroatoms. The molecule has 0 radical (unpaired) electrons. The summed E-state index contributed by atoms with van der Waals surface area (Å²) in [6.45, 7) is 1.95. The van der Waals surface area contributed by atoms with Crippen LogP contribution >= 0.6 is 43.5 Å². The lowest BCUT2D eigenvalue weighted by molar-refractivity contribution is 0.714. The maximum atomic E-state index is 6.28. The highest BCUT2D eigenvalue weighted by molar-refractivity contribution is 9.11. The minimum absolute atomic E-state index is 0.122. The maximum absolute atomic E-state index is 6.28. The Morgan fingerprint density at radius 1 is 1.42 bits per heavy atom. The fourth-order valence-corrected chi connectivity index (χ4v) is 3.63. The van der Waals surface area contributed by atoms with E-state index < -0.39 is 0 Å². The van der Waals surface area contributed by atoms with Crippen LogP contribution in [0.3, 0.4) is 0 Å². The molecule has 3 nitrogen and oxygen atoms in total. The van der Waals surface area contributed by atoms with E-state index in [-0.39, 0.29) is 6.04 Å². The first-order valence-electron chi connectivity index (χ1n) is 5.78. The summed E-state index contributed by atoms with van der Waals surface area (Å²) >= 11 is 13.2. The summed E-state index contributed by atoms with van der Waals surface area (Å²) in [5.41, 5.74) is 9.27. The van der Waals surface area contributed by atoms with Gasteiger partial charge in [-0.1, -0.05) is 49.5 Å². The van der Waals surface area contributed by atoms with Gasteiger partial charge >= 0.3 is 0 Å². The van der Waals surface area contributed by atoms with Gasteiger partial charge in [0.2, 0.25) is 0 Å². The summed E-state index contributed by atoms with van der Waals surface area (Å²) in [6.07, 6.45) is 0.665. The monoisotopic (exact) mass is 405 g/mol. The van der Waals surface area contributed by atoms with Crippen molar-refractivity contribution in [2.24, 2.45) is 12.8 Å². The Morgan fingerprint density at radius 3 is 2.63 bits per heavy atom. The van der Waals surface area contributed by atoms with E-state index >= 15 is 0 Å². The minimum Gasteiger partial charge on any atom is -0.324 e. The molecule has 1 unspecified atom stereocenters. The number of benzene rings is 1. The van der Waals surface area contributed by atoms with E-state index in [0.717, 1.165) is 25.8 Å². The molecule has 2 aromatic rings. The van der Waals surface area contributed by atoms with Crippen LogP contribution in [-0.4, -0.2) is 9.78 Å². The summed E-state index contributed by atoms with van der Waals surface area (Å²) in [5, 5.41) is 4.96. The molecule has 0 amide bonds. The van der Waals surface area contributed by atoms with Gasteiger partial charge in [0.1, 0.15) is 5.15 Å². The van der Waals surface area contributed by atoms with Crippen molar-refractivity contribution in [3.63, 3.8) is 0 Å². The maximum Gasteiger partial charge on any atom is 0.130 e. The molecule has 0 saturated carbocycles. The Hall–Kier alpha value is -0.360. The summed E-state index contributed by atoms with van der Waals surface area (Å²) in [5.74, 6) is 0. The number of halogens is 3. The zero-order chi connectivity index (χ0) is 14.2. The van der Waals surface area contributed by atoms with Crippen LogP contribution in [0, 0.1) is 6.92 Å². The molecule has 19 heavy (non-hydrogen) atoms. The van der Waals surface area contributed by atoms with Crippen molar-refractivity contribution in [2.75, 3.05) is 0 Å². The molecular weight excluding hydrogens is 393 g/mol. The Morgan fingerprint density at radius 2 is 2.11 bits per heavy atom. The van der Waals surface area contributed by atoms with Gasteiger partial charge in [0, 0.05) is 27.6 Å². The molecule has 0 fully saturated rings. The topological polar surface area (TPSA) is 43.8 Å². The quantitative estimate of drug-likeness (QED) is 0.831. The third-order valence-corrected chi connectivity index (χ3v) is 4.71. The molecule has 1 aromatic carbocycles. The number of nitrogens with two attached hydrogens (primary N) is 1. The van der Waals surface area contributed by atoms with Crippen LogP contribution in [0.1, 0.15) is 22.9 Å². The van der Waals surface area contributed by atoms with E-state index in [4.69, 9.17) is 17.3 Å². The van der Waals surface area contributed by atoms with E-state index in [9.17, 15) is 0 Å². The first-order valence-corrected chi connectivity index (χ1v) is 7.75. The number of aryl methyl sites for hydroxylation is 2. The van der Waals surface area contributed by atoms with Crippen molar-refractivity contribution < 1.29 is 0 Å². The SMILES string of the molecule is Cc1nn(C)c(Cl)c1CC(N)c1ccc(Br)cc1Br.